The maximum absolute atomic E-state index is 5.82. The second kappa shape index (κ2) is 5.15. The molecule has 1 atom stereocenters. The summed E-state index contributed by atoms with van der Waals surface area (Å²) in [4.78, 5) is 11.6. The highest BCUT2D eigenvalue weighted by Gasteiger charge is 2.29. The van der Waals surface area contributed by atoms with Gasteiger partial charge in [0.1, 0.15) is 23.5 Å². The molecule has 4 rings (SSSR count). The minimum absolute atomic E-state index is 0.0200. The number of nitrogens with zero attached hydrogens (tertiary/aromatic N) is 3. The number of anilines is 1. The van der Waals surface area contributed by atoms with Gasteiger partial charge in [-0.2, -0.15) is 0 Å². The first-order valence-corrected chi connectivity index (χ1v) is 7.55. The molecule has 5 nitrogen and oxygen atoms in total. The first kappa shape index (κ1) is 12.8. The maximum atomic E-state index is 5.82. The summed E-state index contributed by atoms with van der Waals surface area (Å²) < 4.78 is 11.3. The van der Waals surface area contributed by atoms with Gasteiger partial charge in [-0.25, -0.2) is 9.97 Å². The normalized spacial score (nSPS) is 22.5. The Morgan fingerprint density at radius 3 is 2.95 bits per heavy atom. The number of rotatable bonds is 3. The smallest absolute Gasteiger partial charge is 0.134 e. The fourth-order valence-corrected chi connectivity index (χ4v) is 2.76. The molecule has 1 aliphatic carbocycles. The molecule has 2 aromatic heterocycles. The van der Waals surface area contributed by atoms with Crippen molar-refractivity contribution in [1.82, 2.24) is 9.97 Å². The van der Waals surface area contributed by atoms with Gasteiger partial charge >= 0.3 is 0 Å². The maximum Gasteiger partial charge on any atom is 0.134 e. The van der Waals surface area contributed by atoms with Gasteiger partial charge in [0.05, 0.1) is 19.4 Å². The van der Waals surface area contributed by atoms with Gasteiger partial charge in [0, 0.05) is 24.2 Å². The minimum atomic E-state index is -0.0200. The lowest BCUT2D eigenvalue weighted by molar-refractivity contribution is 0.0255. The molecule has 3 heterocycles. The molecular formula is C16H19N3O2. The Labute approximate surface area is 124 Å². The third kappa shape index (κ3) is 2.65. The first-order valence-electron chi connectivity index (χ1n) is 7.55. The molecule has 1 aliphatic heterocycles. The summed E-state index contributed by atoms with van der Waals surface area (Å²) in [6, 6.07) is 5.93. The first-order chi connectivity index (χ1) is 10.3. The summed E-state index contributed by atoms with van der Waals surface area (Å²) in [5.41, 5.74) is 1.04. The Balaban J connectivity index is 1.57. The van der Waals surface area contributed by atoms with Gasteiger partial charge in [-0.05, 0) is 31.9 Å². The SMILES string of the molecule is Cc1cc(N2CCO[C@@H](c3ccco3)C2)nc(C2CC2)n1. The van der Waals surface area contributed by atoms with Crippen LogP contribution in [0.1, 0.15) is 42.1 Å². The number of aromatic nitrogens is 2. The van der Waals surface area contributed by atoms with Crippen molar-refractivity contribution >= 4 is 5.82 Å². The molecule has 2 fully saturated rings. The summed E-state index contributed by atoms with van der Waals surface area (Å²) in [5.74, 6) is 3.48. The minimum Gasteiger partial charge on any atom is -0.467 e. The molecule has 2 aromatic rings. The van der Waals surface area contributed by atoms with Crippen molar-refractivity contribution in [2.75, 3.05) is 24.6 Å². The van der Waals surface area contributed by atoms with Crippen molar-refractivity contribution in [3.05, 3.63) is 41.7 Å². The molecule has 0 radical (unpaired) electrons. The molecule has 0 amide bonds. The zero-order valence-electron chi connectivity index (χ0n) is 12.2. The van der Waals surface area contributed by atoms with E-state index in [2.05, 4.69) is 16.0 Å². The molecule has 0 N–H and O–H groups in total. The van der Waals surface area contributed by atoms with E-state index in [1.54, 1.807) is 6.26 Å². The second-order valence-corrected chi connectivity index (χ2v) is 5.82. The second-order valence-electron chi connectivity index (χ2n) is 5.82. The van der Waals surface area contributed by atoms with E-state index in [9.17, 15) is 0 Å². The lowest BCUT2D eigenvalue weighted by atomic mass is 10.2. The van der Waals surface area contributed by atoms with Crippen LogP contribution in [0.4, 0.5) is 5.82 Å². The molecule has 1 saturated heterocycles. The van der Waals surface area contributed by atoms with E-state index in [0.717, 1.165) is 36.2 Å². The van der Waals surface area contributed by atoms with Gasteiger partial charge < -0.3 is 14.1 Å². The summed E-state index contributed by atoms with van der Waals surface area (Å²) in [7, 11) is 0. The van der Waals surface area contributed by atoms with E-state index in [-0.39, 0.29) is 6.10 Å². The van der Waals surface area contributed by atoms with Crippen LogP contribution in [0.15, 0.2) is 28.9 Å². The summed E-state index contributed by atoms with van der Waals surface area (Å²) in [5, 5.41) is 0. The van der Waals surface area contributed by atoms with Crippen LogP contribution in [0, 0.1) is 6.92 Å². The molecular weight excluding hydrogens is 266 g/mol. The van der Waals surface area contributed by atoms with Crippen LogP contribution >= 0.6 is 0 Å². The lowest BCUT2D eigenvalue weighted by Crippen LogP contribution is -2.39. The Morgan fingerprint density at radius 2 is 2.19 bits per heavy atom. The van der Waals surface area contributed by atoms with Crippen molar-refractivity contribution in [1.29, 1.82) is 0 Å². The molecule has 2 aliphatic rings. The van der Waals surface area contributed by atoms with E-state index >= 15 is 0 Å². The van der Waals surface area contributed by atoms with Crippen LogP contribution in [0.2, 0.25) is 0 Å². The fraction of sp³-hybridized carbons (Fsp3) is 0.500. The lowest BCUT2D eigenvalue weighted by Gasteiger charge is -2.33. The fourth-order valence-electron chi connectivity index (χ4n) is 2.76. The van der Waals surface area contributed by atoms with Gasteiger partial charge in [0.25, 0.3) is 0 Å². The van der Waals surface area contributed by atoms with Crippen LogP contribution in [0.5, 0.6) is 0 Å². The number of aryl methyl sites for hydroxylation is 1. The Kier molecular flexibility index (Phi) is 3.15. The number of hydrogen-bond donors (Lipinski definition) is 0. The molecule has 0 unspecified atom stereocenters. The van der Waals surface area contributed by atoms with Crippen LogP contribution in [0.25, 0.3) is 0 Å². The van der Waals surface area contributed by atoms with Crippen LogP contribution in [-0.4, -0.2) is 29.7 Å². The van der Waals surface area contributed by atoms with Crippen molar-refractivity contribution in [2.24, 2.45) is 0 Å². The van der Waals surface area contributed by atoms with Gasteiger partial charge in [0.15, 0.2) is 0 Å². The van der Waals surface area contributed by atoms with Crippen LogP contribution in [0.3, 0.4) is 0 Å². The molecule has 0 bridgehead atoms. The van der Waals surface area contributed by atoms with E-state index < -0.39 is 0 Å². The standard InChI is InChI=1S/C16H19N3O2/c1-11-9-15(18-16(17-11)12-4-5-12)19-6-8-21-14(10-19)13-3-2-7-20-13/h2-3,7,9,12,14H,4-6,8,10H2,1H3/t14-/m1/s1. The van der Waals surface area contributed by atoms with Gasteiger partial charge in [0.2, 0.25) is 0 Å². The molecule has 110 valence electrons. The molecule has 0 aromatic carbocycles. The van der Waals surface area contributed by atoms with E-state index in [0.29, 0.717) is 12.5 Å². The van der Waals surface area contributed by atoms with Crippen LogP contribution in [-0.2, 0) is 4.74 Å². The highest BCUT2D eigenvalue weighted by atomic mass is 16.5. The average molecular weight is 285 g/mol. The van der Waals surface area contributed by atoms with Crippen molar-refractivity contribution < 1.29 is 9.15 Å². The quantitative estimate of drug-likeness (QED) is 0.868. The zero-order valence-corrected chi connectivity index (χ0v) is 12.2. The Morgan fingerprint density at radius 1 is 1.29 bits per heavy atom. The monoisotopic (exact) mass is 285 g/mol. The molecule has 0 spiro atoms. The van der Waals surface area contributed by atoms with E-state index in [4.69, 9.17) is 14.1 Å². The Hall–Kier alpha value is -1.88. The van der Waals surface area contributed by atoms with Gasteiger partial charge in [-0.3, -0.25) is 0 Å². The van der Waals surface area contributed by atoms with Crippen LogP contribution < -0.4 is 4.90 Å². The van der Waals surface area contributed by atoms with Gasteiger partial charge in [-0.1, -0.05) is 0 Å². The number of ether oxygens (including phenoxy) is 1. The summed E-state index contributed by atoms with van der Waals surface area (Å²) >= 11 is 0. The molecule has 21 heavy (non-hydrogen) atoms. The predicted octanol–water partition coefficient (Wildman–Crippen LogP) is 2.83. The largest absolute Gasteiger partial charge is 0.467 e. The summed E-state index contributed by atoms with van der Waals surface area (Å²) in [6.07, 6.45) is 4.12. The van der Waals surface area contributed by atoms with Gasteiger partial charge in [-0.15, -0.1) is 0 Å². The Bertz CT molecular complexity index is 622. The number of furan rings is 1. The number of hydrogen-bond acceptors (Lipinski definition) is 5. The van der Waals surface area contributed by atoms with E-state index in [1.165, 1.54) is 12.8 Å². The predicted molar refractivity (Wildman–Crippen MR) is 78.4 cm³/mol. The third-order valence-electron chi connectivity index (χ3n) is 4.05. The number of morpholine rings is 1. The zero-order chi connectivity index (χ0) is 14.2. The molecule has 5 heteroatoms. The molecule has 1 saturated carbocycles. The third-order valence-corrected chi connectivity index (χ3v) is 4.05. The summed E-state index contributed by atoms with van der Waals surface area (Å²) in [6.45, 7) is 4.36. The van der Waals surface area contributed by atoms with Crippen molar-refractivity contribution in [3.63, 3.8) is 0 Å². The van der Waals surface area contributed by atoms with Crippen molar-refractivity contribution in [3.8, 4) is 0 Å². The topological polar surface area (TPSA) is 51.4 Å². The highest BCUT2D eigenvalue weighted by Crippen LogP contribution is 2.38. The van der Waals surface area contributed by atoms with E-state index in [1.807, 2.05) is 19.1 Å². The highest BCUT2D eigenvalue weighted by molar-refractivity contribution is 5.41. The average Bonchev–Trinajstić information content (AvgIpc) is 3.22. The van der Waals surface area contributed by atoms with Crippen molar-refractivity contribution in [2.45, 2.75) is 31.8 Å².